The van der Waals surface area contributed by atoms with Crippen LogP contribution in [0.2, 0.25) is 0 Å². The minimum Gasteiger partial charge on any atom is -0.481 e. The molecule has 106 valence electrons. The van der Waals surface area contributed by atoms with Crippen LogP contribution in [0.15, 0.2) is 6.33 Å². The van der Waals surface area contributed by atoms with E-state index in [1.807, 2.05) is 14.0 Å². The van der Waals surface area contributed by atoms with Crippen molar-refractivity contribution in [2.45, 2.75) is 19.8 Å². The van der Waals surface area contributed by atoms with Gasteiger partial charge in [-0.2, -0.15) is 0 Å². The van der Waals surface area contributed by atoms with Crippen LogP contribution >= 0.6 is 0 Å². The van der Waals surface area contributed by atoms with E-state index in [9.17, 15) is 9.59 Å². The molecule has 0 radical (unpaired) electrons. The summed E-state index contributed by atoms with van der Waals surface area (Å²) in [5.74, 6) is -0.126. The molecule has 0 aliphatic carbocycles. The SMILES string of the molecule is CCN(CCC(=O)O)C(=O)NCCc1nncn1C. The van der Waals surface area contributed by atoms with Crippen molar-refractivity contribution in [1.82, 2.24) is 25.0 Å². The lowest BCUT2D eigenvalue weighted by Crippen LogP contribution is -2.41. The predicted molar refractivity (Wildman–Crippen MR) is 67.6 cm³/mol. The summed E-state index contributed by atoms with van der Waals surface area (Å²) in [6.07, 6.45) is 2.13. The normalized spacial score (nSPS) is 10.2. The summed E-state index contributed by atoms with van der Waals surface area (Å²) in [7, 11) is 1.84. The predicted octanol–water partition coefficient (Wildman–Crippen LogP) is -0.136. The van der Waals surface area contributed by atoms with E-state index in [2.05, 4.69) is 15.5 Å². The van der Waals surface area contributed by atoms with Crippen LogP contribution in [0, 0.1) is 0 Å². The summed E-state index contributed by atoms with van der Waals surface area (Å²) in [6, 6.07) is -0.258. The fraction of sp³-hybridized carbons (Fsp3) is 0.636. The molecule has 0 atom stereocenters. The van der Waals surface area contributed by atoms with Gasteiger partial charge in [0.2, 0.25) is 0 Å². The quantitative estimate of drug-likeness (QED) is 0.717. The molecule has 0 fully saturated rings. The first-order chi connectivity index (χ1) is 9.04. The van der Waals surface area contributed by atoms with Crippen molar-refractivity contribution in [3.63, 3.8) is 0 Å². The van der Waals surface area contributed by atoms with E-state index in [0.717, 1.165) is 5.82 Å². The van der Waals surface area contributed by atoms with Gasteiger partial charge < -0.3 is 19.9 Å². The zero-order chi connectivity index (χ0) is 14.3. The van der Waals surface area contributed by atoms with E-state index in [0.29, 0.717) is 19.5 Å². The molecular weight excluding hydrogens is 250 g/mol. The number of aryl methyl sites for hydroxylation is 1. The van der Waals surface area contributed by atoms with Gasteiger partial charge in [0.05, 0.1) is 6.42 Å². The molecule has 1 aromatic heterocycles. The van der Waals surface area contributed by atoms with E-state index in [1.54, 1.807) is 10.9 Å². The third-order valence-electron chi connectivity index (χ3n) is 2.69. The first-order valence-corrected chi connectivity index (χ1v) is 6.12. The van der Waals surface area contributed by atoms with Crippen LogP contribution < -0.4 is 5.32 Å². The van der Waals surface area contributed by atoms with Crippen LogP contribution in [0.25, 0.3) is 0 Å². The maximum atomic E-state index is 11.8. The Labute approximate surface area is 111 Å². The van der Waals surface area contributed by atoms with Gasteiger partial charge in [0, 0.05) is 33.1 Å². The molecule has 0 aliphatic rings. The maximum Gasteiger partial charge on any atom is 0.317 e. The number of carboxylic acids is 1. The molecule has 0 saturated heterocycles. The topological polar surface area (TPSA) is 100 Å². The molecule has 19 heavy (non-hydrogen) atoms. The summed E-state index contributed by atoms with van der Waals surface area (Å²) in [5.41, 5.74) is 0. The Morgan fingerprint density at radius 2 is 2.26 bits per heavy atom. The maximum absolute atomic E-state index is 11.8. The Morgan fingerprint density at radius 3 is 2.79 bits per heavy atom. The molecule has 0 aliphatic heterocycles. The van der Waals surface area contributed by atoms with Crippen LogP contribution in [0.3, 0.4) is 0 Å². The number of carboxylic acid groups (broad SMARTS) is 1. The number of rotatable bonds is 7. The number of hydrogen-bond acceptors (Lipinski definition) is 4. The monoisotopic (exact) mass is 269 g/mol. The Balaban J connectivity index is 2.32. The lowest BCUT2D eigenvalue weighted by Gasteiger charge is -2.20. The fourth-order valence-electron chi connectivity index (χ4n) is 1.56. The van der Waals surface area contributed by atoms with Crippen molar-refractivity contribution in [2.24, 2.45) is 7.05 Å². The molecule has 1 aromatic rings. The van der Waals surface area contributed by atoms with Crippen LogP contribution in [0.1, 0.15) is 19.2 Å². The highest BCUT2D eigenvalue weighted by Gasteiger charge is 2.12. The third-order valence-corrected chi connectivity index (χ3v) is 2.69. The number of urea groups is 1. The van der Waals surface area contributed by atoms with E-state index in [1.165, 1.54) is 4.90 Å². The first kappa shape index (κ1) is 14.9. The second-order valence-electron chi connectivity index (χ2n) is 4.06. The van der Waals surface area contributed by atoms with Gasteiger partial charge in [-0.3, -0.25) is 4.79 Å². The van der Waals surface area contributed by atoms with Crippen molar-refractivity contribution >= 4 is 12.0 Å². The standard InChI is InChI=1S/C11H19N5O3/c1-3-16(7-5-10(17)18)11(19)12-6-4-9-14-13-8-15(9)2/h8H,3-7H2,1-2H3,(H,12,19)(H,17,18). The van der Waals surface area contributed by atoms with Crippen molar-refractivity contribution in [3.8, 4) is 0 Å². The van der Waals surface area contributed by atoms with Crippen LogP contribution in [-0.2, 0) is 18.3 Å². The highest BCUT2D eigenvalue weighted by molar-refractivity contribution is 5.75. The van der Waals surface area contributed by atoms with Crippen LogP contribution in [0.5, 0.6) is 0 Å². The van der Waals surface area contributed by atoms with Crippen molar-refractivity contribution < 1.29 is 14.7 Å². The number of aliphatic carboxylic acids is 1. The highest BCUT2D eigenvalue weighted by Crippen LogP contribution is 1.95. The second kappa shape index (κ2) is 7.34. The van der Waals surface area contributed by atoms with Gasteiger partial charge in [0.1, 0.15) is 12.2 Å². The molecule has 0 spiro atoms. The number of amides is 2. The van der Waals surface area contributed by atoms with Crippen molar-refractivity contribution in [2.75, 3.05) is 19.6 Å². The van der Waals surface area contributed by atoms with Gasteiger partial charge in [-0.05, 0) is 6.92 Å². The zero-order valence-corrected chi connectivity index (χ0v) is 11.2. The average molecular weight is 269 g/mol. The Bertz CT molecular complexity index is 432. The molecule has 0 bridgehead atoms. The van der Waals surface area contributed by atoms with Gasteiger partial charge >= 0.3 is 12.0 Å². The number of carbonyl (C=O) groups is 2. The summed E-state index contributed by atoms with van der Waals surface area (Å²) in [5, 5.41) is 19.0. The average Bonchev–Trinajstić information content (AvgIpc) is 2.75. The lowest BCUT2D eigenvalue weighted by atomic mass is 10.3. The van der Waals surface area contributed by atoms with Gasteiger partial charge in [-0.1, -0.05) is 0 Å². The van der Waals surface area contributed by atoms with Crippen LogP contribution in [-0.4, -0.2) is 56.4 Å². The Morgan fingerprint density at radius 1 is 1.53 bits per heavy atom. The first-order valence-electron chi connectivity index (χ1n) is 6.12. The molecule has 1 rings (SSSR count). The van der Waals surface area contributed by atoms with E-state index in [-0.39, 0.29) is 19.0 Å². The van der Waals surface area contributed by atoms with E-state index < -0.39 is 5.97 Å². The molecule has 0 unspecified atom stereocenters. The summed E-state index contributed by atoms with van der Waals surface area (Å²) in [6.45, 7) is 2.93. The molecule has 1 heterocycles. The van der Waals surface area contributed by atoms with Crippen molar-refractivity contribution in [3.05, 3.63) is 12.2 Å². The van der Waals surface area contributed by atoms with E-state index in [4.69, 9.17) is 5.11 Å². The summed E-state index contributed by atoms with van der Waals surface area (Å²) < 4.78 is 1.79. The summed E-state index contributed by atoms with van der Waals surface area (Å²) >= 11 is 0. The second-order valence-corrected chi connectivity index (χ2v) is 4.06. The number of nitrogens with one attached hydrogen (secondary N) is 1. The fourth-order valence-corrected chi connectivity index (χ4v) is 1.56. The minimum atomic E-state index is -0.912. The largest absolute Gasteiger partial charge is 0.481 e. The van der Waals surface area contributed by atoms with Gasteiger partial charge in [0.25, 0.3) is 0 Å². The molecule has 2 amide bonds. The Kier molecular flexibility index (Phi) is 5.77. The molecular formula is C11H19N5O3. The molecule has 0 saturated carbocycles. The summed E-state index contributed by atoms with van der Waals surface area (Å²) in [4.78, 5) is 23.7. The van der Waals surface area contributed by atoms with Crippen LogP contribution in [0.4, 0.5) is 4.79 Å². The molecule has 8 heteroatoms. The van der Waals surface area contributed by atoms with E-state index >= 15 is 0 Å². The smallest absolute Gasteiger partial charge is 0.317 e. The highest BCUT2D eigenvalue weighted by atomic mass is 16.4. The van der Waals surface area contributed by atoms with Gasteiger partial charge in [-0.25, -0.2) is 4.79 Å². The Hall–Kier alpha value is -2.12. The zero-order valence-electron chi connectivity index (χ0n) is 11.2. The number of hydrogen-bond donors (Lipinski definition) is 2. The van der Waals surface area contributed by atoms with Gasteiger partial charge in [-0.15, -0.1) is 10.2 Å². The third kappa shape index (κ3) is 4.94. The molecule has 0 aromatic carbocycles. The molecule has 8 nitrogen and oxygen atoms in total. The molecule has 2 N–H and O–H groups in total. The van der Waals surface area contributed by atoms with Gasteiger partial charge in [0.15, 0.2) is 0 Å². The number of nitrogens with zero attached hydrogens (tertiary/aromatic N) is 4. The number of aromatic nitrogens is 3. The minimum absolute atomic E-state index is 0.0510. The number of carbonyl (C=O) groups excluding carboxylic acids is 1. The van der Waals surface area contributed by atoms with Crippen molar-refractivity contribution in [1.29, 1.82) is 0 Å². The lowest BCUT2D eigenvalue weighted by molar-refractivity contribution is -0.137.